The number of amides is 1. The van der Waals surface area contributed by atoms with Crippen LogP contribution in [0.5, 0.6) is 5.75 Å². The fraction of sp³-hybridized carbons (Fsp3) is 0.0800. The highest BCUT2D eigenvalue weighted by molar-refractivity contribution is 6.03. The predicted octanol–water partition coefficient (Wildman–Crippen LogP) is 4.60. The summed E-state index contributed by atoms with van der Waals surface area (Å²) in [5, 5.41) is 10.7. The minimum atomic E-state index is -0.259. The Hall–Kier alpha value is -4.39. The van der Waals surface area contributed by atoms with Crippen molar-refractivity contribution in [1.82, 2.24) is 14.8 Å². The third kappa shape index (κ3) is 3.83. The van der Waals surface area contributed by atoms with Crippen LogP contribution in [-0.4, -0.2) is 27.8 Å². The van der Waals surface area contributed by atoms with Gasteiger partial charge in [-0.05, 0) is 41.5 Å². The molecule has 5 rings (SSSR count). The van der Waals surface area contributed by atoms with E-state index in [1.807, 2.05) is 72.8 Å². The molecule has 2 heterocycles. The first-order valence-electron chi connectivity index (χ1n) is 10.2. The van der Waals surface area contributed by atoms with Gasteiger partial charge < -0.3 is 10.1 Å². The van der Waals surface area contributed by atoms with E-state index < -0.39 is 0 Å². The molecule has 1 aliphatic heterocycles. The Morgan fingerprint density at radius 2 is 1.66 bits per heavy atom. The molecule has 0 spiro atoms. The average Bonchev–Trinajstić information content (AvgIpc) is 3.27. The lowest BCUT2D eigenvalue weighted by molar-refractivity contribution is 0.102. The first-order chi connectivity index (χ1) is 15.7. The van der Waals surface area contributed by atoms with Crippen molar-refractivity contribution in [2.75, 3.05) is 17.7 Å². The van der Waals surface area contributed by atoms with Crippen molar-refractivity contribution in [3.8, 4) is 5.75 Å². The number of hydrogen-bond donors (Lipinski definition) is 2. The molecule has 7 heteroatoms. The van der Waals surface area contributed by atoms with E-state index in [-0.39, 0.29) is 17.9 Å². The zero-order valence-corrected chi connectivity index (χ0v) is 17.4. The number of ether oxygens (including phenoxy) is 1. The van der Waals surface area contributed by atoms with Crippen molar-refractivity contribution in [3.63, 3.8) is 0 Å². The van der Waals surface area contributed by atoms with Crippen LogP contribution in [0.3, 0.4) is 0 Å². The summed E-state index contributed by atoms with van der Waals surface area (Å²) < 4.78 is 7.07. The molecule has 0 saturated heterocycles. The van der Waals surface area contributed by atoms with Crippen LogP contribution in [0.25, 0.3) is 5.70 Å². The number of nitrogens with one attached hydrogen (secondary N) is 2. The fourth-order valence-corrected chi connectivity index (χ4v) is 3.63. The van der Waals surface area contributed by atoms with Crippen LogP contribution < -0.4 is 15.4 Å². The van der Waals surface area contributed by atoms with E-state index in [2.05, 4.69) is 26.8 Å². The van der Waals surface area contributed by atoms with Gasteiger partial charge in [0.1, 0.15) is 11.8 Å². The summed E-state index contributed by atoms with van der Waals surface area (Å²) in [7, 11) is 1.64. The number of anilines is 2. The summed E-state index contributed by atoms with van der Waals surface area (Å²) in [5.41, 5.74) is 3.53. The Balaban J connectivity index is 1.51. The molecule has 7 nitrogen and oxygen atoms in total. The molecule has 2 N–H and O–H groups in total. The highest BCUT2D eigenvalue weighted by Gasteiger charge is 2.26. The number of carbonyl (C=O) groups excluding carboxylic acids is 1. The van der Waals surface area contributed by atoms with E-state index >= 15 is 0 Å². The molecule has 1 aliphatic rings. The highest BCUT2D eigenvalue weighted by Crippen LogP contribution is 2.33. The molecular formula is C25H21N5O2. The maximum atomic E-state index is 12.6. The second-order valence-corrected chi connectivity index (χ2v) is 7.31. The van der Waals surface area contributed by atoms with Crippen molar-refractivity contribution < 1.29 is 9.53 Å². The highest BCUT2D eigenvalue weighted by atomic mass is 16.5. The molecule has 0 saturated carbocycles. The van der Waals surface area contributed by atoms with Gasteiger partial charge in [0.25, 0.3) is 11.9 Å². The Morgan fingerprint density at radius 1 is 0.969 bits per heavy atom. The van der Waals surface area contributed by atoms with Gasteiger partial charge in [-0.15, -0.1) is 5.10 Å². The van der Waals surface area contributed by atoms with E-state index in [1.165, 1.54) is 0 Å². The number of rotatable bonds is 5. The van der Waals surface area contributed by atoms with E-state index in [0.717, 1.165) is 22.6 Å². The minimum absolute atomic E-state index is 0.206. The lowest BCUT2D eigenvalue weighted by Crippen LogP contribution is -2.20. The molecule has 0 aliphatic carbocycles. The number of fused-ring (bicyclic) bond motifs is 1. The quantitative estimate of drug-likeness (QED) is 0.491. The number of allylic oxidation sites excluding steroid dienone is 1. The number of aromatic nitrogens is 3. The lowest BCUT2D eigenvalue weighted by Gasteiger charge is -2.24. The molecule has 1 unspecified atom stereocenters. The Bertz CT molecular complexity index is 1260. The van der Waals surface area contributed by atoms with E-state index in [4.69, 9.17) is 4.74 Å². The summed E-state index contributed by atoms with van der Waals surface area (Å²) in [5.74, 6) is 1.31. The van der Waals surface area contributed by atoms with Gasteiger partial charge in [-0.25, -0.2) is 4.68 Å². The SMILES string of the molecule is COc1ccc(C2C=C(c3ccccc3)Nc3nc(NC(=O)c4ccccc4)nn32)cc1. The van der Waals surface area contributed by atoms with Crippen molar-refractivity contribution >= 4 is 23.5 Å². The molecule has 0 bridgehead atoms. The largest absolute Gasteiger partial charge is 0.497 e. The van der Waals surface area contributed by atoms with Gasteiger partial charge in [0, 0.05) is 11.3 Å². The second-order valence-electron chi connectivity index (χ2n) is 7.31. The third-order valence-corrected chi connectivity index (χ3v) is 5.27. The minimum Gasteiger partial charge on any atom is -0.497 e. The molecule has 32 heavy (non-hydrogen) atoms. The smallest absolute Gasteiger partial charge is 0.258 e. The van der Waals surface area contributed by atoms with Crippen molar-refractivity contribution in [2.45, 2.75) is 6.04 Å². The van der Waals surface area contributed by atoms with Gasteiger partial charge in [-0.3, -0.25) is 10.1 Å². The van der Waals surface area contributed by atoms with Gasteiger partial charge in [-0.1, -0.05) is 60.7 Å². The first kappa shape index (κ1) is 19.6. The summed E-state index contributed by atoms with van der Waals surface area (Å²) in [6.07, 6.45) is 2.10. The van der Waals surface area contributed by atoms with Gasteiger partial charge >= 0.3 is 0 Å². The maximum absolute atomic E-state index is 12.6. The van der Waals surface area contributed by atoms with Gasteiger partial charge in [0.05, 0.1) is 7.11 Å². The second kappa shape index (κ2) is 8.39. The summed E-state index contributed by atoms with van der Waals surface area (Å²) >= 11 is 0. The molecule has 4 aromatic rings. The maximum Gasteiger partial charge on any atom is 0.258 e. The Kier molecular flexibility index (Phi) is 5.13. The number of hydrogen-bond acceptors (Lipinski definition) is 5. The normalized spacial score (nSPS) is 14.7. The Morgan fingerprint density at radius 3 is 2.34 bits per heavy atom. The molecule has 0 radical (unpaired) electrons. The number of benzene rings is 3. The average molecular weight is 423 g/mol. The van der Waals surface area contributed by atoms with E-state index in [1.54, 1.807) is 23.9 Å². The standard InChI is InChI=1S/C25H21N5O2/c1-32-20-14-12-18(13-15-20)22-16-21(17-8-4-2-5-9-17)26-25-28-24(29-30(22)25)27-23(31)19-10-6-3-7-11-19/h2-16,22H,1H3,(H2,26,27,28,29,31). The van der Waals surface area contributed by atoms with Crippen LogP contribution in [0.15, 0.2) is 91.0 Å². The zero-order chi connectivity index (χ0) is 21.9. The fourth-order valence-electron chi connectivity index (χ4n) is 3.63. The summed E-state index contributed by atoms with van der Waals surface area (Å²) in [6, 6.07) is 26.7. The van der Waals surface area contributed by atoms with Gasteiger partial charge in [-0.2, -0.15) is 4.98 Å². The van der Waals surface area contributed by atoms with Crippen LogP contribution in [0, 0.1) is 0 Å². The topological polar surface area (TPSA) is 81.1 Å². The predicted molar refractivity (Wildman–Crippen MR) is 124 cm³/mol. The van der Waals surface area contributed by atoms with E-state index in [0.29, 0.717) is 11.5 Å². The van der Waals surface area contributed by atoms with Crippen molar-refractivity contribution in [1.29, 1.82) is 0 Å². The molecule has 3 aromatic carbocycles. The van der Waals surface area contributed by atoms with Gasteiger partial charge in [0.15, 0.2) is 0 Å². The van der Waals surface area contributed by atoms with E-state index in [9.17, 15) is 4.79 Å². The first-order valence-corrected chi connectivity index (χ1v) is 10.2. The van der Waals surface area contributed by atoms with Crippen molar-refractivity contribution in [3.05, 3.63) is 108 Å². The molecule has 0 fully saturated rings. The Labute approximate surface area is 185 Å². The molecule has 158 valence electrons. The van der Waals surface area contributed by atoms with Crippen LogP contribution in [0.2, 0.25) is 0 Å². The van der Waals surface area contributed by atoms with Crippen LogP contribution in [-0.2, 0) is 0 Å². The number of nitrogens with zero attached hydrogens (tertiary/aromatic N) is 3. The van der Waals surface area contributed by atoms with Crippen LogP contribution in [0.1, 0.15) is 27.5 Å². The molecular weight excluding hydrogens is 402 g/mol. The molecule has 1 atom stereocenters. The summed E-state index contributed by atoms with van der Waals surface area (Å²) in [4.78, 5) is 17.1. The van der Waals surface area contributed by atoms with Crippen molar-refractivity contribution in [2.24, 2.45) is 0 Å². The van der Waals surface area contributed by atoms with Crippen LogP contribution in [0.4, 0.5) is 11.9 Å². The monoisotopic (exact) mass is 423 g/mol. The molecule has 1 amide bonds. The number of methoxy groups -OCH3 is 1. The van der Waals surface area contributed by atoms with Crippen LogP contribution >= 0.6 is 0 Å². The number of carbonyl (C=O) groups is 1. The van der Waals surface area contributed by atoms with Gasteiger partial charge in [0.2, 0.25) is 5.95 Å². The lowest BCUT2D eigenvalue weighted by atomic mass is 10.0. The zero-order valence-electron chi connectivity index (χ0n) is 17.4. The third-order valence-electron chi connectivity index (χ3n) is 5.27. The molecule has 1 aromatic heterocycles. The summed E-state index contributed by atoms with van der Waals surface area (Å²) in [6.45, 7) is 0.